The maximum atomic E-state index is 9.09. The summed E-state index contributed by atoms with van der Waals surface area (Å²) in [5, 5.41) is 9.70. The summed E-state index contributed by atoms with van der Waals surface area (Å²) in [6.45, 7) is 0. The van der Waals surface area contributed by atoms with E-state index in [1.54, 1.807) is 6.20 Å². The summed E-state index contributed by atoms with van der Waals surface area (Å²) in [7, 11) is 0. The Bertz CT molecular complexity index is 462. The minimum Gasteiger partial charge on any atom is -0.440 e. The molecule has 0 bridgehead atoms. The fraction of sp³-hybridized carbons (Fsp3) is 0.167. The molecule has 0 N–H and O–H groups in total. The first-order chi connectivity index (χ1) is 7.90. The largest absolute Gasteiger partial charge is 0.440 e. The molecule has 1 heterocycles. The molecule has 80 valence electrons. The van der Waals surface area contributed by atoms with Crippen LogP contribution in [-0.4, -0.2) is 10.7 Å². The minimum absolute atomic E-state index is 0.127. The van der Waals surface area contributed by atoms with Crippen molar-refractivity contribution in [3.8, 4) is 6.07 Å². The van der Waals surface area contributed by atoms with Crippen LogP contribution in [0.5, 0.6) is 0 Å². The lowest BCUT2D eigenvalue weighted by Crippen LogP contribution is -1.98. The zero-order chi connectivity index (χ0) is 11.2. The molecule has 0 saturated heterocycles. The third kappa shape index (κ3) is 2.65. The van der Waals surface area contributed by atoms with Crippen molar-refractivity contribution in [2.45, 2.75) is 11.1 Å². The standard InChI is InChI=1S/C12H10N2OS/c13-8-11(10-4-2-1-3-5-10)9-16-12-14-6-7-15-12/h1-7,11H,9H2. The summed E-state index contributed by atoms with van der Waals surface area (Å²) >= 11 is 1.45. The minimum atomic E-state index is -0.127. The van der Waals surface area contributed by atoms with Gasteiger partial charge in [-0.15, -0.1) is 0 Å². The summed E-state index contributed by atoms with van der Waals surface area (Å²) < 4.78 is 5.11. The third-order valence-electron chi connectivity index (χ3n) is 2.14. The van der Waals surface area contributed by atoms with Crippen molar-refractivity contribution in [3.63, 3.8) is 0 Å². The van der Waals surface area contributed by atoms with Crippen LogP contribution in [0.25, 0.3) is 0 Å². The molecule has 0 amide bonds. The van der Waals surface area contributed by atoms with Gasteiger partial charge in [0.1, 0.15) is 6.26 Å². The third-order valence-corrected chi connectivity index (χ3v) is 3.09. The monoisotopic (exact) mass is 230 g/mol. The first-order valence-electron chi connectivity index (χ1n) is 4.87. The maximum Gasteiger partial charge on any atom is 0.255 e. The molecular weight excluding hydrogens is 220 g/mol. The van der Waals surface area contributed by atoms with E-state index in [9.17, 15) is 0 Å². The van der Waals surface area contributed by atoms with E-state index >= 15 is 0 Å². The Morgan fingerprint density at radius 1 is 1.38 bits per heavy atom. The summed E-state index contributed by atoms with van der Waals surface area (Å²) in [5.74, 6) is 0.527. The van der Waals surface area contributed by atoms with Gasteiger partial charge in [-0.25, -0.2) is 4.98 Å². The summed E-state index contributed by atoms with van der Waals surface area (Å²) in [5.41, 5.74) is 1.03. The number of nitriles is 1. The van der Waals surface area contributed by atoms with Crippen molar-refractivity contribution >= 4 is 11.8 Å². The molecule has 0 radical (unpaired) electrons. The molecule has 0 aliphatic carbocycles. The number of oxazole rings is 1. The van der Waals surface area contributed by atoms with Crippen molar-refractivity contribution in [3.05, 3.63) is 48.4 Å². The van der Waals surface area contributed by atoms with Crippen LogP contribution in [0.4, 0.5) is 0 Å². The fourth-order valence-corrected chi connectivity index (χ4v) is 2.16. The highest BCUT2D eigenvalue weighted by molar-refractivity contribution is 7.99. The summed E-state index contributed by atoms with van der Waals surface area (Å²) in [6, 6.07) is 12.0. The van der Waals surface area contributed by atoms with E-state index in [1.807, 2.05) is 30.3 Å². The predicted molar refractivity (Wildman–Crippen MR) is 62.0 cm³/mol. The smallest absolute Gasteiger partial charge is 0.255 e. The van der Waals surface area contributed by atoms with Crippen LogP contribution in [0.2, 0.25) is 0 Å². The lowest BCUT2D eigenvalue weighted by atomic mass is 10.0. The van der Waals surface area contributed by atoms with Crippen molar-refractivity contribution in [2.24, 2.45) is 0 Å². The zero-order valence-corrected chi connectivity index (χ0v) is 9.35. The molecule has 2 rings (SSSR count). The van der Waals surface area contributed by atoms with Crippen LogP contribution in [0.1, 0.15) is 11.5 Å². The summed E-state index contributed by atoms with van der Waals surface area (Å²) in [6.07, 6.45) is 3.14. The van der Waals surface area contributed by atoms with E-state index < -0.39 is 0 Å². The normalized spacial score (nSPS) is 11.9. The topological polar surface area (TPSA) is 49.8 Å². The molecule has 1 aromatic heterocycles. The van der Waals surface area contributed by atoms with E-state index in [-0.39, 0.29) is 5.92 Å². The second-order valence-corrected chi connectivity index (χ2v) is 4.17. The number of aromatic nitrogens is 1. The van der Waals surface area contributed by atoms with Gasteiger partial charge in [0.25, 0.3) is 5.22 Å². The molecular formula is C12H10N2OS. The number of rotatable bonds is 4. The van der Waals surface area contributed by atoms with Crippen LogP contribution in [0, 0.1) is 11.3 Å². The molecule has 3 nitrogen and oxygen atoms in total. The quantitative estimate of drug-likeness (QED) is 0.757. The predicted octanol–water partition coefficient (Wildman–Crippen LogP) is 3.07. The first-order valence-corrected chi connectivity index (χ1v) is 5.85. The Morgan fingerprint density at radius 3 is 2.81 bits per heavy atom. The molecule has 0 fully saturated rings. The number of benzene rings is 1. The molecule has 0 aliphatic rings. The van der Waals surface area contributed by atoms with Crippen LogP contribution >= 0.6 is 11.8 Å². The molecule has 1 atom stereocenters. The van der Waals surface area contributed by atoms with Gasteiger partial charge in [0, 0.05) is 5.75 Å². The first kappa shape index (κ1) is 10.8. The van der Waals surface area contributed by atoms with Gasteiger partial charge < -0.3 is 4.42 Å². The van der Waals surface area contributed by atoms with Crippen molar-refractivity contribution < 1.29 is 4.42 Å². The highest BCUT2D eigenvalue weighted by Crippen LogP contribution is 2.24. The second kappa shape index (κ2) is 5.38. The van der Waals surface area contributed by atoms with Gasteiger partial charge in [-0.2, -0.15) is 5.26 Å². The SMILES string of the molecule is N#CC(CSc1ncco1)c1ccccc1. The van der Waals surface area contributed by atoms with E-state index in [4.69, 9.17) is 9.68 Å². The highest BCUT2D eigenvalue weighted by atomic mass is 32.2. The van der Waals surface area contributed by atoms with E-state index in [0.717, 1.165) is 5.56 Å². The zero-order valence-electron chi connectivity index (χ0n) is 8.54. The molecule has 0 spiro atoms. The Morgan fingerprint density at radius 2 is 2.19 bits per heavy atom. The Hall–Kier alpha value is -1.73. The average Bonchev–Trinajstić information content (AvgIpc) is 2.84. The van der Waals surface area contributed by atoms with Gasteiger partial charge in [0.2, 0.25) is 0 Å². The number of thioether (sulfide) groups is 1. The Labute approximate surface area is 98.1 Å². The van der Waals surface area contributed by atoms with Gasteiger partial charge in [0.05, 0.1) is 18.2 Å². The number of hydrogen-bond donors (Lipinski definition) is 0. The molecule has 1 unspecified atom stereocenters. The van der Waals surface area contributed by atoms with Crippen molar-refractivity contribution in [1.29, 1.82) is 5.26 Å². The van der Waals surface area contributed by atoms with E-state index in [0.29, 0.717) is 11.0 Å². The van der Waals surface area contributed by atoms with Crippen molar-refractivity contribution in [2.75, 3.05) is 5.75 Å². The van der Waals surface area contributed by atoms with Gasteiger partial charge in [0.15, 0.2) is 0 Å². The maximum absolute atomic E-state index is 9.09. The van der Waals surface area contributed by atoms with Gasteiger partial charge in [-0.1, -0.05) is 42.1 Å². The van der Waals surface area contributed by atoms with Crippen molar-refractivity contribution in [1.82, 2.24) is 4.98 Å². The van der Waals surface area contributed by atoms with Gasteiger partial charge >= 0.3 is 0 Å². The molecule has 0 saturated carbocycles. The molecule has 16 heavy (non-hydrogen) atoms. The molecule has 0 aliphatic heterocycles. The lowest BCUT2D eigenvalue weighted by Gasteiger charge is -2.06. The Kier molecular flexibility index (Phi) is 3.62. The van der Waals surface area contributed by atoms with E-state index in [1.165, 1.54) is 18.0 Å². The number of hydrogen-bond acceptors (Lipinski definition) is 4. The lowest BCUT2D eigenvalue weighted by molar-refractivity contribution is 0.454. The van der Waals surface area contributed by atoms with Crippen LogP contribution in [0.3, 0.4) is 0 Å². The molecule has 2 aromatic rings. The van der Waals surface area contributed by atoms with Crippen LogP contribution in [-0.2, 0) is 0 Å². The summed E-state index contributed by atoms with van der Waals surface area (Å²) in [4.78, 5) is 4.00. The van der Waals surface area contributed by atoms with Gasteiger partial charge in [-0.3, -0.25) is 0 Å². The van der Waals surface area contributed by atoms with Crippen LogP contribution < -0.4 is 0 Å². The van der Waals surface area contributed by atoms with E-state index in [2.05, 4.69) is 11.1 Å². The highest BCUT2D eigenvalue weighted by Gasteiger charge is 2.11. The molecule has 1 aromatic carbocycles. The van der Waals surface area contributed by atoms with Crippen LogP contribution in [0.15, 0.2) is 52.4 Å². The van der Waals surface area contributed by atoms with Gasteiger partial charge in [-0.05, 0) is 5.56 Å². The molecule has 4 heteroatoms. The fourth-order valence-electron chi connectivity index (χ4n) is 1.33. The Balaban J connectivity index is 2.00. The second-order valence-electron chi connectivity index (χ2n) is 3.20. The average molecular weight is 230 g/mol. The number of nitrogens with zero attached hydrogens (tertiary/aromatic N) is 2.